The molecule has 0 aliphatic rings. The van der Waals surface area contributed by atoms with Crippen molar-refractivity contribution in [1.82, 2.24) is 0 Å². The van der Waals surface area contributed by atoms with E-state index in [0.29, 0.717) is 10.6 Å². The van der Waals surface area contributed by atoms with E-state index >= 15 is 0 Å². The second-order valence-electron chi connectivity index (χ2n) is 4.20. The van der Waals surface area contributed by atoms with Gasteiger partial charge in [-0.05, 0) is 53.2 Å². The van der Waals surface area contributed by atoms with Gasteiger partial charge < -0.3 is 15.5 Å². The van der Waals surface area contributed by atoms with Crippen LogP contribution in [0.15, 0.2) is 40.9 Å². The first-order valence-corrected chi connectivity index (χ1v) is 6.88. The van der Waals surface area contributed by atoms with Crippen LogP contribution in [0.5, 0.6) is 11.5 Å². The summed E-state index contributed by atoms with van der Waals surface area (Å²) in [5, 5.41) is 23.5. The van der Waals surface area contributed by atoms with E-state index in [4.69, 9.17) is 11.6 Å². The lowest BCUT2D eigenvalue weighted by Gasteiger charge is -2.19. The highest BCUT2D eigenvalue weighted by molar-refractivity contribution is 9.10. The van der Waals surface area contributed by atoms with Gasteiger partial charge in [-0.25, -0.2) is 0 Å². The Kier molecular flexibility index (Phi) is 4.22. The lowest BCUT2D eigenvalue weighted by Crippen LogP contribution is -2.07. The second-order valence-corrected chi connectivity index (χ2v) is 5.49. The monoisotopic (exact) mass is 341 g/mol. The molecule has 0 aliphatic heterocycles. The predicted molar refractivity (Wildman–Crippen MR) is 81.0 cm³/mol. The third-order valence-corrected chi connectivity index (χ3v) is 3.72. The SMILES string of the molecule is CC(Nc1cc(Cl)ccc1Br)c1c(O)cccc1O. The van der Waals surface area contributed by atoms with Gasteiger partial charge in [0.2, 0.25) is 0 Å². The molecule has 0 fully saturated rings. The molecule has 0 radical (unpaired) electrons. The molecular formula is C14H13BrClNO2. The molecule has 0 aromatic heterocycles. The number of benzene rings is 2. The maximum Gasteiger partial charge on any atom is 0.124 e. The minimum atomic E-state index is -0.268. The molecule has 3 N–H and O–H groups in total. The third-order valence-electron chi connectivity index (χ3n) is 2.79. The summed E-state index contributed by atoms with van der Waals surface area (Å²) in [6.45, 7) is 1.85. The van der Waals surface area contributed by atoms with E-state index in [1.165, 1.54) is 0 Å². The van der Waals surface area contributed by atoms with Crippen molar-refractivity contribution in [3.05, 3.63) is 51.5 Å². The van der Waals surface area contributed by atoms with E-state index in [-0.39, 0.29) is 17.5 Å². The van der Waals surface area contributed by atoms with Crippen molar-refractivity contribution in [3.8, 4) is 11.5 Å². The molecule has 1 unspecified atom stereocenters. The van der Waals surface area contributed by atoms with Crippen molar-refractivity contribution in [3.63, 3.8) is 0 Å². The average Bonchev–Trinajstić information content (AvgIpc) is 2.33. The maximum atomic E-state index is 9.83. The minimum absolute atomic E-state index is 0.0538. The molecule has 0 spiro atoms. The Labute approximate surface area is 125 Å². The normalized spacial score (nSPS) is 12.2. The number of hydrogen-bond donors (Lipinski definition) is 3. The largest absolute Gasteiger partial charge is 0.507 e. The maximum absolute atomic E-state index is 9.83. The Bertz CT molecular complexity index is 584. The number of phenols is 2. The lowest BCUT2D eigenvalue weighted by atomic mass is 10.1. The van der Waals surface area contributed by atoms with Crippen LogP contribution in [-0.4, -0.2) is 10.2 Å². The predicted octanol–water partition coefficient (Wildman–Crippen LogP) is 4.69. The number of phenolic OH excluding ortho intramolecular Hbond substituents is 2. The molecule has 0 bridgehead atoms. The number of anilines is 1. The molecule has 0 amide bonds. The van der Waals surface area contributed by atoms with Gasteiger partial charge in [-0.2, -0.15) is 0 Å². The molecule has 0 saturated carbocycles. The zero-order chi connectivity index (χ0) is 14.0. The number of nitrogens with one attached hydrogen (secondary N) is 1. The standard InChI is InChI=1S/C14H13BrClNO2/c1-8(14-12(18)3-2-4-13(14)19)17-11-7-9(16)5-6-10(11)15/h2-8,17-19H,1H3. The van der Waals surface area contributed by atoms with E-state index in [1.54, 1.807) is 30.3 Å². The van der Waals surface area contributed by atoms with E-state index in [2.05, 4.69) is 21.2 Å². The lowest BCUT2D eigenvalue weighted by molar-refractivity contribution is 0.434. The van der Waals surface area contributed by atoms with Gasteiger partial charge in [-0.15, -0.1) is 0 Å². The van der Waals surface area contributed by atoms with Crippen molar-refractivity contribution in [2.24, 2.45) is 0 Å². The molecule has 2 aromatic rings. The van der Waals surface area contributed by atoms with Crippen molar-refractivity contribution in [1.29, 1.82) is 0 Å². The molecule has 100 valence electrons. The van der Waals surface area contributed by atoms with Crippen LogP contribution in [0.3, 0.4) is 0 Å². The number of aromatic hydroxyl groups is 2. The molecule has 0 aliphatic carbocycles. The summed E-state index contributed by atoms with van der Waals surface area (Å²) >= 11 is 9.37. The van der Waals surface area contributed by atoms with Crippen LogP contribution in [0.1, 0.15) is 18.5 Å². The van der Waals surface area contributed by atoms with Gasteiger partial charge in [0.25, 0.3) is 0 Å². The van der Waals surface area contributed by atoms with E-state index < -0.39 is 0 Å². The van der Waals surface area contributed by atoms with Gasteiger partial charge >= 0.3 is 0 Å². The van der Waals surface area contributed by atoms with Crippen LogP contribution >= 0.6 is 27.5 Å². The van der Waals surface area contributed by atoms with E-state index in [0.717, 1.165) is 10.2 Å². The molecule has 0 saturated heterocycles. The third kappa shape index (κ3) is 3.14. The summed E-state index contributed by atoms with van der Waals surface area (Å²) in [5.41, 5.74) is 1.25. The minimum Gasteiger partial charge on any atom is -0.507 e. The first-order valence-electron chi connectivity index (χ1n) is 5.71. The van der Waals surface area contributed by atoms with Crippen LogP contribution in [0.25, 0.3) is 0 Å². The molecule has 5 heteroatoms. The van der Waals surface area contributed by atoms with Crippen molar-refractivity contribution in [2.75, 3.05) is 5.32 Å². The summed E-state index contributed by atoms with van der Waals surface area (Å²) in [6, 6.07) is 9.80. The Morgan fingerprint density at radius 2 is 1.79 bits per heavy atom. The molecule has 3 nitrogen and oxygen atoms in total. The summed E-state index contributed by atoms with van der Waals surface area (Å²) in [6.07, 6.45) is 0. The zero-order valence-electron chi connectivity index (χ0n) is 10.2. The summed E-state index contributed by atoms with van der Waals surface area (Å²) in [4.78, 5) is 0. The molecule has 19 heavy (non-hydrogen) atoms. The Morgan fingerprint density at radius 1 is 1.16 bits per heavy atom. The van der Waals surface area contributed by atoms with Crippen LogP contribution < -0.4 is 5.32 Å². The van der Waals surface area contributed by atoms with Crippen LogP contribution in [-0.2, 0) is 0 Å². The zero-order valence-corrected chi connectivity index (χ0v) is 12.5. The fraction of sp³-hybridized carbons (Fsp3) is 0.143. The van der Waals surface area contributed by atoms with Crippen molar-refractivity contribution < 1.29 is 10.2 Å². The van der Waals surface area contributed by atoms with Gasteiger partial charge in [0.1, 0.15) is 11.5 Å². The molecule has 2 aromatic carbocycles. The van der Waals surface area contributed by atoms with Crippen molar-refractivity contribution in [2.45, 2.75) is 13.0 Å². The Morgan fingerprint density at radius 3 is 2.42 bits per heavy atom. The quantitative estimate of drug-likeness (QED) is 0.758. The number of hydrogen-bond acceptors (Lipinski definition) is 3. The van der Waals surface area contributed by atoms with Gasteiger partial charge in [0.15, 0.2) is 0 Å². The van der Waals surface area contributed by atoms with Crippen molar-refractivity contribution >= 4 is 33.2 Å². The number of halogens is 2. The van der Waals surface area contributed by atoms with Gasteiger partial charge in [0.05, 0.1) is 17.3 Å². The van der Waals surface area contributed by atoms with Crippen LogP contribution in [0.4, 0.5) is 5.69 Å². The Balaban J connectivity index is 2.31. The molecule has 1 atom stereocenters. The fourth-order valence-electron chi connectivity index (χ4n) is 1.90. The first kappa shape index (κ1) is 14.0. The summed E-state index contributed by atoms with van der Waals surface area (Å²) in [7, 11) is 0. The number of rotatable bonds is 3. The highest BCUT2D eigenvalue weighted by atomic mass is 79.9. The highest BCUT2D eigenvalue weighted by Gasteiger charge is 2.15. The molecule has 0 heterocycles. The van der Waals surface area contributed by atoms with Crippen LogP contribution in [0.2, 0.25) is 5.02 Å². The van der Waals surface area contributed by atoms with Gasteiger partial charge in [-0.1, -0.05) is 17.7 Å². The van der Waals surface area contributed by atoms with Gasteiger partial charge in [-0.3, -0.25) is 0 Å². The van der Waals surface area contributed by atoms with Gasteiger partial charge in [0, 0.05) is 9.50 Å². The molecular weight excluding hydrogens is 330 g/mol. The first-order chi connectivity index (χ1) is 8.99. The average molecular weight is 343 g/mol. The summed E-state index contributed by atoms with van der Waals surface area (Å²) < 4.78 is 0.860. The smallest absolute Gasteiger partial charge is 0.124 e. The van der Waals surface area contributed by atoms with E-state index in [1.807, 2.05) is 13.0 Å². The summed E-state index contributed by atoms with van der Waals surface area (Å²) in [5.74, 6) is 0.108. The second kappa shape index (κ2) is 5.72. The topological polar surface area (TPSA) is 52.5 Å². The molecule has 2 rings (SSSR count). The fourth-order valence-corrected chi connectivity index (χ4v) is 2.43. The highest BCUT2D eigenvalue weighted by Crippen LogP contribution is 2.36. The Hall–Kier alpha value is -1.39. The van der Waals surface area contributed by atoms with E-state index in [9.17, 15) is 10.2 Å². The van der Waals surface area contributed by atoms with Crippen LogP contribution in [0, 0.1) is 0 Å².